The lowest BCUT2D eigenvalue weighted by Gasteiger charge is -2.10. The highest BCUT2D eigenvalue weighted by Crippen LogP contribution is 2.22. The largest absolute Gasteiger partial charge is 0.478 e. The van der Waals surface area contributed by atoms with Crippen molar-refractivity contribution < 1.29 is 14.7 Å². The Morgan fingerprint density at radius 3 is 2.62 bits per heavy atom. The van der Waals surface area contributed by atoms with E-state index in [1.807, 2.05) is 12.1 Å². The molecule has 3 N–H and O–H groups in total. The van der Waals surface area contributed by atoms with Crippen LogP contribution in [0, 0.1) is 6.92 Å². The Morgan fingerprint density at radius 1 is 1.29 bits per heavy atom. The first-order chi connectivity index (χ1) is 9.95. The first-order valence-electron chi connectivity index (χ1n) is 6.08. The van der Waals surface area contributed by atoms with Gasteiger partial charge < -0.3 is 15.7 Å². The summed E-state index contributed by atoms with van der Waals surface area (Å²) in [7, 11) is 0. The summed E-state index contributed by atoms with van der Waals surface area (Å²) in [5.41, 5.74) is 1.48. The highest BCUT2D eigenvalue weighted by atomic mass is 79.9. The molecule has 2 amide bonds. The molecule has 0 saturated heterocycles. The molecule has 1 aromatic heterocycles. The topological polar surface area (TPSA) is 78.4 Å². The third-order valence-electron chi connectivity index (χ3n) is 2.77. The zero-order valence-corrected chi connectivity index (χ0v) is 13.5. The number of carboxylic acid groups (broad SMARTS) is 1. The molecule has 21 heavy (non-hydrogen) atoms. The van der Waals surface area contributed by atoms with Crippen LogP contribution >= 0.6 is 27.3 Å². The van der Waals surface area contributed by atoms with Crippen molar-refractivity contribution in [2.24, 2.45) is 0 Å². The second-order valence-corrected chi connectivity index (χ2v) is 6.90. The molecule has 0 aliphatic heterocycles. The van der Waals surface area contributed by atoms with E-state index in [0.717, 1.165) is 8.66 Å². The molecule has 0 aliphatic rings. The normalized spacial score (nSPS) is 10.2. The number of rotatable bonds is 4. The molecule has 110 valence electrons. The van der Waals surface area contributed by atoms with E-state index in [4.69, 9.17) is 5.11 Å². The third kappa shape index (κ3) is 4.30. The fraction of sp³-hybridized carbons (Fsp3) is 0.143. The standard InChI is InChI=1S/C14H13BrN2O3S/c1-8-6-9(13(18)19)2-4-11(8)17-14(20)16-7-10-3-5-12(15)21-10/h2-6H,7H2,1H3,(H,18,19)(H2,16,17,20). The molecule has 0 unspecified atom stereocenters. The molecule has 1 heterocycles. The number of aryl methyl sites for hydroxylation is 1. The van der Waals surface area contributed by atoms with Crippen LogP contribution in [0.1, 0.15) is 20.8 Å². The minimum absolute atomic E-state index is 0.196. The number of aromatic carboxylic acids is 1. The van der Waals surface area contributed by atoms with E-state index in [1.54, 1.807) is 24.3 Å². The molecule has 7 heteroatoms. The van der Waals surface area contributed by atoms with Gasteiger partial charge in [-0.2, -0.15) is 0 Å². The van der Waals surface area contributed by atoms with Crippen LogP contribution in [0.2, 0.25) is 0 Å². The van der Waals surface area contributed by atoms with Crippen molar-refractivity contribution in [3.63, 3.8) is 0 Å². The van der Waals surface area contributed by atoms with E-state index in [2.05, 4.69) is 26.6 Å². The van der Waals surface area contributed by atoms with Gasteiger partial charge in [0.25, 0.3) is 0 Å². The summed E-state index contributed by atoms with van der Waals surface area (Å²) < 4.78 is 1.01. The van der Waals surface area contributed by atoms with Gasteiger partial charge in [-0.05, 0) is 58.7 Å². The number of benzene rings is 1. The van der Waals surface area contributed by atoms with Crippen molar-refractivity contribution in [2.45, 2.75) is 13.5 Å². The van der Waals surface area contributed by atoms with Crippen LogP contribution in [0.4, 0.5) is 10.5 Å². The Kier molecular flexibility index (Phi) is 4.98. The van der Waals surface area contributed by atoms with E-state index < -0.39 is 5.97 Å². The van der Waals surface area contributed by atoms with E-state index in [1.165, 1.54) is 12.1 Å². The second kappa shape index (κ2) is 6.73. The number of hydrogen-bond acceptors (Lipinski definition) is 3. The zero-order valence-electron chi connectivity index (χ0n) is 11.1. The lowest BCUT2D eigenvalue weighted by atomic mass is 10.1. The van der Waals surface area contributed by atoms with Crippen LogP contribution in [0.3, 0.4) is 0 Å². The molecule has 1 aromatic carbocycles. The molecule has 0 aliphatic carbocycles. The monoisotopic (exact) mass is 368 g/mol. The van der Waals surface area contributed by atoms with Gasteiger partial charge >= 0.3 is 12.0 Å². The highest BCUT2D eigenvalue weighted by Gasteiger charge is 2.08. The van der Waals surface area contributed by atoms with Crippen LogP contribution in [0.5, 0.6) is 0 Å². The molecule has 5 nitrogen and oxygen atoms in total. The lowest BCUT2D eigenvalue weighted by Crippen LogP contribution is -2.28. The van der Waals surface area contributed by atoms with Crippen molar-refractivity contribution in [3.05, 3.63) is 50.1 Å². The molecule has 0 atom stereocenters. The highest BCUT2D eigenvalue weighted by molar-refractivity contribution is 9.11. The summed E-state index contributed by atoms with van der Waals surface area (Å²) in [6.45, 7) is 2.19. The van der Waals surface area contributed by atoms with E-state index >= 15 is 0 Å². The Bertz CT molecular complexity index is 685. The summed E-state index contributed by atoms with van der Waals surface area (Å²) in [6.07, 6.45) is 0. The number of amides is 2. The summed E-state index contributed by atoms with van der Waals surface area (Å²) in [5, 5.41) is 14.3. The number of halogens is 1. The maximum absolute atomic E-state index is 11.8. The van der Waals surface area contributed by atoms with Gasteiger partial charge in [0.2, 0.25) is 0 Å². The van der Waals surface area contributed by atoms with Crippen molar-refractivity contribution in [1.82, 2.24) is 5.32 Å². The number of nitrogens with one attached hydrogen (secondary N) is 2. The zero-order chi connectivity index (χ0) is 15.4. The molecule has 0 fully saturated rings. The number of carboxylic acids is 1. The first kappa shape index (κ1) is 15.5. The average molecular weight is 369 g/mol. The fourth-order valence-electron chi connectivity index (χ4n) is 1.72. The van der Waals surface area contributed by atoms with Gasteiger partial charge in [-0.1, -0.05) is 0 Å². The Hall–Kier alpha value is -1.86. The van der Waals surface area contributed by atoms with Crippen molar-refractivity contribution in [3.8, 4) is 0 Å². The molecule has 2 rings (SSSR count). The van der Waals surface area contributed by atoms with Crippen molar-refractivity contribution in [1.29, 1.82) is 0 Å². The van der Waals surface area contributed by atoms with Gasteiger partial charge in [0.05, 0.1) is 15.9 Å². The van der Waals surface area contributed by atoms with Crippen molar-refractivity contribution >= 4 is 45.0 Å². The van der Waals surface area contributed by atoms with Gasteiger partial charge in [-0.25, -0.2) is 9.59 Å². The number of carbonyl (C=O) groups is 2. The second-order valence-electron chi connectivity index (χ2n) is 4.35. The smallest absolute Gasteiger partial charge is 0.335 e. The molecular weight excluding hydrogens is 356 g/mol. The Balaban J connectivity index is 1.94. The summed E-state index contributed by atoms with van der Waals surface area (Å²) in [6, 6.07) is 8.09. The molecule has 0 bridgehead atoms. The Morgan fingerprint density at radius 2 is 2.05 bits per heavy atom. The minimum Gasteiger partial charge on any atom is -0.478 e. The number of urea groups is 1. The van der Waals surface area contributed by atoms with Gasteiger partial charge in [-0.15, -0.1) is 11.3 Å². The molecule has 0 spiro atoms. The summed E-state index contributed by atoms with van der Waals surface area (Å²) in [4.78, 5) is 23.7. The van der Waals surface area contributed by atoms with Gasteiger partial charge in [0, 0.05) is 10.6 Å². The van der Waals surface area contributed by atoms with E-state index in [9.17, 15) is 9.59 Å². The lowest BCUT2D eigenvalue weighted by molar-refractivity contribution is 0.0697. The van der Waals surface area contributed by atoms with Crippen LogP contribution in [0.25, 0.3) is 0 Å². The predicted octanol–water partition coefficient (Wildman–Crippen LogP) is 3.84. The quantitative estimate of drug-likeness (QED) is 0.766. The maximum Gasteiger partial charge on any atom is 0.335 e. The molecule has 0 saturated carbocycles. The van der Waals surface area contributed by atoms with Gasteiger partial charge in [0.15, 0.2) is 0 Å². The van der Waals surface area contributed by atoms with Crippen LogP contribution in [0.15, 0.2) is 34.1 Å². The summed E-state index contributed by atoms with van der Waals surface area (Å²) in [5.74, 6) is -0.989. The fourth-order valence-corrected chi connectivity index (χ4v) is 3.14. The van der Waals surface area contributed by atoms with E-state index in [0.29, 0.717) is 17.8 Å². The van der Waals surface area contributed by atoms with Crippen LogP contribution in [-0.2, 0) is 6.54 Å². The summed E-state index contributed by atoms with van der Waals surface area (Å²) >= 11 is 4.92. The van der Waals surface area contributed by atoms with Gasteiger partial charge in [0.1, 0.15) is 0 Å². The SMILES string of the molecule is Cc1cc(C(=O)O)ccc1NC(=O)NCc1ccc(Br)s1. The van der Waals surface area contributed by atoms with Crippen molar-refractivity contribution in [2.75, 3.05) is 5.32 Å². The number of anilines is 1. The number of hydrogen-bond donors (Lipinski definition) is 3. The molecular formula is C14H13BrN2O3S. The van der Waals surface area contributed by atoms with Crippen LogP contribution < -0.4 is 10.6 Å². The molecule has 2 aromatic rings. The average Bonchev–Trinajstić information content (AvgIpc) is 2.84. The van der Waals surface area contributed by atoms with E-state index in [-0.39, 0.29) is 11.6 Å². The predicted molar refractivity (Wildman–Crippen MR) is 86.0 cm³/mol. The number of carbonyl (C=O) groups excluding carboxylic acids is 1. The van der Waals surface area contributed by atoms with Gasteiger partial charge in [-0.3, -0.25) is 0 Å². The minimum atomic E-state index is -0.989. The first-order valence-corrected chi connectivity index (χ1v) is 7.69. The Labute approximate surface area is 134 Å². The molecule has 0 radical (unpaired) electrons. The third-order valence-corrected chi connectivity index (χ3v) is 4.40. The number of thiophene rings is 1. The maximum atomic E-state index is 11.8. The van der Waals surface area contributed by atoms with Crippen LogP contribution in [-0.4, -0.2) is 17.1 Å².